The van der Waals surface area contributed by atoms with Crippen LogP contribution in [-0.2, 0) is 6.42 Å². The first-order valence-electron chi connectivity index (χ1n) is 11.9. The van der Waals surface area contributed by atoms with Crippen LogP contribution in [0, 0.1) is 12.8 Å². The van der Waals surface area contributed by atoms with E-state index >= 15 is 0 Å². The minimum atomic E-state index is 0.0747. The van der Waals surface area contributed by atoms with Crippen molar-refractivity contribution in [3.8, 4) is 11.5 Å². The van der Waals surface area contributed by atoms with Crippen LogP contribution in [0.5, 0.6) is 11.5 Å². The van der Waals surface area contributed by atoms with Gasteiger partial charge >= 0.3 is 0 Å². The van der Waals surface area contributed by atoms with Gasteiger partial charge in [0.25, 0.3) is 5.91 Å². The Hall–Kier alpha value is -2.83. The number of amides is 1. The zero-order valence-corrected chi connectivity index (χ0v) is 18.9. The maximum Gasteiger partial charge on any atom is 0.253 e. The topological polar surface area (TPSA) is 67.8 Å². The molecule has 0 aliphatic carbocycles. The quantitative estimate of drug-likeness (QED) is 0.729. The molecule has 7 heteroatoms. The molecule has 4 heterocycles. The van der Waals surface area contributed by atoms with E-state index in [9.17, 15) is 4.79 Å². The normalized spacial score (nSPS) is 19.2. The maximum atomic E-state index is 13.0. The summed E-state index contributed by atoms with van der Waals surface area (Å²) in [6.45, 7) is 6.82. The Morgan fingerprint density at radius 1 is 0.969 bits per heavy atom. The van der Waals surface area contributed by atoms with E-state index in [1.54, 1.807) is 0 Å². The monoisotopic (exact) mass is 436 g/mol. The van der Waals surface area contributed by atoms with Crippen molar-refractivity contribution >= 4 is 11.7 Å². The van der Waals surface area contributed by atoms with Crippen molar-refractivity contribution in [2.75, 3.05) is 44.3 Å². The van der Waals surface area contributed by atoms with E-state index in [4.69, 9.17) is 19.4 Å². The smallest absolute Gasteiger partial charge is 0.253 e. The van der Waals surface area contributed by atoms with Crippen LogP contribution in [0.15, 0.2) is 24.3 Å². The fourth-order valence-corrected chi connectivity index (χ4v) is 5.00. The maximum absolute atomic E-state index is 13.0. The third kappa shape index (κ3) is 4.66. The molecule has 0 spiro atoms. The number of piperidine rings is 2. The summed E-state index contributed by atoms with van der Waals surface area (Å²) >= 11 is 0. The molecule has 5 rings (SSSR count). The molecule has 0 unspecified atom stereocenters. The van der Waals surface area contributed by atoms with Crippen molar-refractivity contribution < 1.29 is 14.3 Å². The fourth-order valence-electron chi connectivity index (χ4n) is 5.00. The molecule has 32 heavy (non-hydrogen) atoms. The van der Waals surface area contributed by atoms with E-state index in [-0.39, 0.29) is 5.91 Å². The molecule has 2 saturated heterocycles. The average molecular weight is 437 g/mol. The molecule has 0 atom stereocenters. The highest BCUT2D eigenvalue weighted by atomic mass is 16.6. The number of anilines is 1. The molecule has 0 N–H and O–H groups in total. The Kier molecular flexibility index (Phi) is 6.14. The summed E-state index contributed by atoms with van der Waals surface area (Å²) in [6, 6.07) is 7.68. The zero-order chi connectivity index (χ0) is 21.9. The number of nitrogens with zero attached hydrogens (tertiary/aromatic N) is 4. The van der Waals surface area contributed by atoms with Crippen LogP contribution in [0.2, 0.25) is 0 Å². The molecule has 2 fully saturated rings. The zero-order valence-electron chi connectivity index (χ0n) is 18.9. The predicted octanol–water partition coefficient (Wildman–Crippen LogP) is 3.64. The Bertz CT molecular complexity index is 966. The van der Waals surface area contributed by atoms with Crippen LogP contribution in [0.3, 0.4) is 0 Å². The van der Waals surface area contributed by atoms with Crippen LogP contribution >= 0.6 is 0 Å². The summed E-state index contributed by atoms with van der Waals surface area (Å²) in [5.74, 6) is 3.94. The van der Waals surface area contributed by atoms with Crippen LogP contribution < -0.4 is 14.4 Å². The van der Waals surface area contributed by atoms with Gasteiger partial charge in [0.05, 0.1) is 0 Å². The Balaban J connectivity index is 1.19. The molecule has 1 aromatic heterocycles. The molecule has 3 aliphatic rings. The standard InChI is InChI=1S/C25H32N4O3/c1-18-26-21(17-24(27-18)28-9-3-2-4-10-28)15-19-7-11-29(12-8-19)25(30)20-5-6-22-23(16-20)32-14-13-31-22/h5-6,16-17,19H,2-4,7-15H2,1H3. The lowest BCUT2D eigenvalue weighted by Crippen LogP contribution is -2.39. The Morgan fingerprint density at radius 3 is 2.50 bits per heavy atom. The van der Waals surface area contributed by atoms with E-state index in [1.807, 2.05) is 30.0 Å². The van der Waals surface area contributed by atoms with Crippen LogP contribution in [0.1, 0.15) is 54.0 Å². The van der Waals surface area contributed by atoms with Gasteiger partial charge < -0.3 is 19.3 Å². The summed E-state index contributed by atoms with van der Waals surface area (Å²) in [5.41, 5.74) is 1.81. The number of aryl methyl sites for hydroxylation is 1. The first-order chi connectivity index (χ1) is 15.7. The Labute approximate surface area is 189 Å². The largest absolute Gasteiger partial charge is 0.486 e. The van der Waals surface area contributed by atoms with Crippen LogP contribution in [0.25, 0.3) is 0 Å². The van der Waals surface area contributed by atoms with Crippen molar-refractivity contribution in [3.05, 3.63) is 41.3 Å². The van der Waals surface area contributed by atoms with Crippen molar-refractivity contribution in [2.24, 2.45) is 5.92 Å². The van der Waals surface area contributed by atoms with Crippen molar-refractivity contribution in [2.45, 2.75) is 45.4 Å². The molecule has 7 nitrogen and oxygen atoms in total. The number of hydrogen-bond donors (Lipinski definition) is 0. The SMILES string of the molecule is Cc1nc(CC2CCN(C(=O)c3ccc4c(c3)OCCO4)CC2)cc(N2CCCCC2)n1. The second-order valence-corrected chi connectivity index (χ2v) is 9.11. The van der Waals surface area contributed by atoms with E-state index in [2.05, 4.69) is 11.0 Å². The number of benzene rings is 1. The second kappa shape index (κ2) is 9.35. The molecule has 2 aromatic rings. The van der Waals surface area contributed by atoms with Gasteiger partial charge in [0, 0.05) is 43.5 Å². The lowest BCUT2D eigenvalue weighted by atomic mass is 9.91. The molecule has 0 saturated carbocycles. The molecule has 0 bridgehead atoms. The van der Waals surface area contributed by atoms with Crippen molar-refractivity contribution in [1.82, 2.24) is 14.9 Å². The van der Waals surface area contributed by atoms with E-state index in [0.717, 1.165) is 68.5 Å². The highest BCUT2D eigenvalue weighted by Crippen LogP contribution is 2.32. The minimum Gasteiger partial charge on any atom is -0.486 e. The van der Waals surface area contributed by atoms with E-state index in [1.165, 1.54) is 19.3 Å². The summed E-state index contributed by atoms with van der Waals surface area (Å²) in [6.07, 6.45) is 6.76. The number of rotatable bonds is 4. The highest BCUT2D eigenvalue weighted by molar-refractivity contribution is 5.95. The highest BCUT2D eigenvalue weighted by Gasteiger charge is 2.26. The number of hydrogen-bond acceptors (Lipinski definition) is 6. The first kappa shape index (κ1) is 21.0. The molecule has 0 radical (unpaired) electrons. The second-order valence-electron chi connectivity index (χ2n) is 9.11. The van der Waals surface area contributed by atoms with E-state index in [0.29, 0.717) is 30.4 Å². The molecule has 3 aliphatic heterocycles. The number of carbonyl (C=O) groups is 1. The third-order valence-corrected chi connectivity index (χ3v) is 6.75. The van der Waals surface area contributed by atoms with Crippen LogP contribution in [0.4, 0.5) is 5.82 Å². The molecule has 1 amide bonds. The van der Waals surface area contributed by atoms with Gasteiger partial charge in [0.15, 0.2) is 11.5 Å². The summed E-state index contributed by atoms with van der Waals surface area (Å²) in [7, 11) is 0. The third-order valence-electron chi connectivity index (χ3n) is 6.75. The molecule has 170 valence electrons. The number of carbonyl (C=O) groups excluding carboxylic acids is 1. The van der Waals surface area contributed by atoms with Gasteiger partial charge in [0.1, 0.15) is 24.9 Å². The molecular formula is C25H32N4O3. The summed E-state index contributed by atoms with van der Waals surface area (Å²) in [4.78, 5) is 26.8. The summed E-state index contributed by atoms with van der Waals surface area (Å²) < 4.78 is 11.2. The van der Waals surface area contributed by atoms with Gasteiger partial charge in [-0.15, -0.1) is 0 Å². The van der Waals surface area contributed by atoms with E-state index < -0.39 is 0 Å². The average Bonchev–Trinajstić information content (AvgIpc) is 2.84. The number of ether oxygens (including phenoxy) is 2. The number of aromatic nitrogens is 2. The lowest BCUT2D eigenvalue weighted by Gasteiger charge is -2.32. The molecule has 1 aromatic carbocycles. The van der Waals surface area contributed by atoms with Gasteiger partial charge in [-0.3, -0.25) is 4.79 Å². The number of likely N-dealkylation sites (tertiary alicyclic amines) is 1. The lowest BCUT2D eigenvalue weighted by molar-refractivity contribution is 0.0689. The summed E-state index contributed by atoms with van der Waals surface area (Å²) in [5, 5.41) is 0. The van der Waals surface area contributed by atoms with Crippen molar-refractivity contribution in [3.63, 3.8) is 0 Å². The first-order valence-corrected chi connectivity index (χ1v) is 11.9. The van der Waals surface area contributed by atoms with Crippen molar-refractivity contribution in [1.29, 1.82) is 0 Å². The van der Waals surface area contributed by atoms with Gasteiger partial charge in [-0.05, 0) is 69.6 Å². The van der Waals surface area contributed by atoms with Gasteiger partial charge in [-0.1, -0.05) is 0 Å². The number of fused-ring (bicyclic) bond motifs is 1. The van der Waals surface area contributed by atoms with Gasteiger partial charge in [-0.25, -0.2) is 9.97 Å². The van der Waals surface area contributed by atoms with Crippen LogP contribution in [-0.4, -0.2) is 60.2 Å². The minimum absolute atomic E-state index is 0.0747. The van der Waals surface area contributed by atoms with Gasteiger partial charge in [-0.2, -0.15) is 0 Å². The molecular weight excluding hydrogens is 404 g/mol. The van der Waals surface area contributed by atoms with Gasteiger partial charge in [0.2, 0.25) is 0 Å². The fraction of sp³-hybridized carbons (Fsp3) is 0.560. The Morgan fingerprint density at radius 2 is 1.72 bits per heavy atom. The predicted molar refractivity (Wildman–Crippen MR) is 123 cm³/mol.